The van der Waals surface area contributed by atoms with Gasteiger partial charge in [0.05, 0.1) is 0 Å². The van der Waals surface area contributed by atoms with Gasteiger partial charge in [-0.05, 0) is 12.1 Å². The minimum Gasteiger partial charge on any atom is -0.477 e. The molecule has 1 atom stereocenters. The lowest BCUT2D eigenvalue weighted by atomic mass is 10.2. The van der Waals surface area contributed by atoms with E-state index in [1.54, 1.807) is 11.8 Å². The molecule has 1 saturated heterocycles. The SMILES string of the molecule is CC1CN(S(=O)(=O)c2ccc(F)c(C(=O)O)c2F)CCS1. The van der Waals surface area contributed by atoms with Crippen LogP contribution in [-0.4, -0.2) is 47.9 Å². The average Bonchev–Trinajstić information content (AvgIpc) is 2.37. The Hall–Kier alpha value is -1.19. The maximum Gasteiger partial charge on any atom is 0.341 e. The minimum absolute atomic E-state index is 0.0518. The van der Waals surface area contributed by atoms with Crippen LogP contribution in [0.4, 0.5) is 8.78 Å². The molecule has 0 saturated carbocycles. The normalized spacial score (nSPS) is 20.4. The lowest BCUT2D eigenvalue weighted by molar-refractivity contribution is 0.0685. The summed E-state index contributed by atoms with van der Waals surface area (Å²) in [5, 5.41) is 8.85. The molecule has 1 unspecified atom stereocenters. The molecule has 1 aliphatic rings. The Morgan fingerprint density at radius 2 is 2.10 bits per heavy atom. The van der Waals surface area contributed by atoms with Gasteiger partial charge in [0.15, 0.2) is 5.82 Å². The van der Waals surface area contributed by atoms with Crippen molar-refractivity contribution in [3.63, 3.8) is 0 Å². The number of benzene rings is 1. The first kappa shape index (κ1) is 16.2. The van der Waals surface area contributed by atoms with Crippen molar-refractivity contribution in [2.24, 2.45) is 0 Å². The topological polar surface area (TPSA) is 74.7 Å². The Bertz CT molecular complexity index is 678. The Balaban J connectivity index is 2.50. The molecular weight excluding hydrogens is 324 g/mol. The summed E-state index contributed by atoms with van der Waals surface area (Å²) in [6, 6.07) is 1.42. The fourth-order valence-electron chi connectivity index (χ4n) is 2.07. The summed E-state index contributed by atoms with van der Waals surface area (Å²) in [5.74, 6) is -4.14. The van der Waals surface area contributed by atoms with Gasteiger partial charge in [-0.1, -0.05) is 6.92 Å². The summed E-state index contributed by atoms with van der Waals surface area (Å²) >= 11 is 1.59. The summed E-state index contributed by atoms with van der Waals surface area (Å²) in [6.45, 7) is 2.25. The quantitative estimate of drug-likeness (QED) is 0.910. The Labute approximate surface area is 125 Å². The summed E-state index contributed by atoms with van der Waals surface area (Å²) in [6.07, 6.45) is 0. The fourth-order valence-corrected chi connectivity index (χ4v) is 4.89. The van der Waals surface area contributed by atoms with Gasteiger partial charge in [-0.25, -0.2) is 22.0 Å². The Morgan fingerprint density at radius 3 is 2.67 bits per heavy atom. The van der Waals surface area contributed by atoms with Crippen LogP contribution in [0.3, 0.4) is 0 Å². The number of sulfonamides is 1. The molecule has 1 fully saturated rings. The van der Waals surface area contributed by atoms with Crippen molar-refractivity contribution < 1.29 is 27.1 Å². The number of hydrogen-bond acceptors (Lipinski definition) is 4. The molecule has 9 heteroatoms. The third kappa shape index (κ3) is 3.04. The van der Waals surface area contributed by atoms with Crippen LogP contribution >= 0.6 is 11.8 Å². The molecule has 1 aromatic carbocycles. The second-order valence-electron chi connectivity index (χ2n) is 4.58. The van der Waals surface area contributed by atoms with Crippen LogP contribution in [0.25, 0.3) is 0 Å². The van der Waals surface area contributed by atoms with E-state index in [1.807, 2.05) is 6.92 Å². The highest BCUT2D eigenvalue weighted by molar-refractivity contribution is 8.00. The average molecular weight is 337 g/mol. The van der Waals surface area contributed by atoms with E-state index in [1.165, 1.54) is 0 Å². The number of rotatable bonds is 3. The van der Waals surface area contributed by atoms with Crippen molar-refractivity contribution in [1.82, 2.24) is 4.31 Å². The molecule has 0 bridgehead atoms. The zero-order chi connectivity index (χ0) is 15.8. The van der Waals surface area contributed by atoms with Crippen molar-refractivity contribution in [1.29, 1.82) is 0 Å². The molecule has 21 heavy (non-hydrogen) atoms. The van der Waals surface area contributed by atoms with Gasteiger partial charge in [-0.15, -0.1) is 0 Å². The van der Waals surface area contributed by atoms with Gasteiger partial charge < -0.3 is 5.11 Å². The third-order valence-corrected chi connectivity index (χ3v) is 6.11. The zero-order valence-corrected chi connectivity index (χ0v) is 12.7. The summed E-state index contributed by atoms with van der Waals surface area (Å²) < 4.78 is 53.3. The minimum atomic E-state index is -4.18. The molecule has 5 nitrogen and oxygen atoms in total. The number of hydrogen-bond donors (Lipinski definition) is 1. The zero-order valence-electron chi connectivity index (χ0n) is 11.0. The number of carboxylic acids is 1. The largest absolute Gasteiger partial charge is 0.477 e. The molecule has 1 aromatic rings. The molecule has 0 amide bonds. The summed E-state index contributed by atoms with van der Waals surface area (Å²) in [4.78, 5) is 10.1. The highest BCUT2D eigenvalue weighted by Crippen LogP contribution is 2.27. The smallest absolute Gasteiger partial charge is 0.341 e. The maximum absolute atomic E-state index is 14.1. The van der Waals surface area contributed by atoms with Gasteiger partial charge in [-0.3, -0.25) is 0 Å². The number of aromatic carboxylic acids is 1. The lowest BCUT2D eigenvalue weighted by Crippen LogP contribution is -2.41. The van der Waals surface area contributed by atoms with Crippen LogP contribution in [0.1, 0.15) is 17.3 Å². The monoisotopic (exact) mass is 337 g/mol. The molecular formula is C12H13F2NO4S2. The molecule has 1 heterocycles. The second-order valence-corrected chi connectivity index (χ2v) is 8.04. The number of thioether (sulfide) groups is 1. The van der Waals surface area contributed by atoms with E-state index < -0.39 is 38.1 Å². The van der Waals surface area contributed by atoms with Gasteiger partial charge in [-0.2, -0.15) is 16.1 Å². The van der Waals surface area contributed by atoms with Crippen molar-refractivity contribution >= 4 is 27.8 Å². The van der Waals surface area contributed by atoms with E-state index in [2.05, 4.69) is 0 Å². The van der Waals surface area contributed by atoms with Gasteiger partial charge in [0, 0.05) is 24.1 Å². The maximum atomic E-state index is 14.1. The van der Waals surface area contributed by atoms with Crippen LogP contribution in [-0.2, 0) is 10.0 Å². The van der Waals surface area contributed by atoms with Gasteiger partial charge in [0.25, 0.3) is 0 Å². The molecule has 1 aliphatic heterocycles. The molecule has 0 aromatic heterocycles. The van der Waals surface area contributed by atoms with Gasteiger partial charge >= 0.3 is 5.97 Å². The van der Waals surface area contributed by atoms with Gasteiger partial charge in [0.2, 0.25) is 10.0 Å². The van der Waals surface area contributed by atoms with Crippen LogP contribution in [0.5, 0.6) is 0 Å². The van der Waals surface area contributed by atoms with Crippen molar-refractivity contribution in [2.45, 2.75) is 17.1 Å². The van der Waals surface area contributed by atoms with Crippen molar-refractivity contribution in [2.75, 3.05) is 18.8 Å². The van der Waals surface area contributed by atoms with Crippen LogP contribution in [0.2, 0.25) is 0 Å². The van der Waals surface area contributed by atoms with E-state index in [0.717, 1.165) is 10.4 Å². The predicted molar refractivity (Wildman–Crippen MR) is 74.0 cm³/mol. The molecule has 2 rings (SSSR count). The second kappa shape index (κ2) is 5.90. The fraction of sp³-hybridized carbons (Fsp3) is 0.417. The number of halogens is 2. The Kier molecular flexibility index (Phi) is 4.54. The standard InChI is InChI=1S/C12H13F2NO4S2/c1-7-6-15(4-5-20-7)21(18,19)9-3-2-8(13)10(11(9)14)12(16)17/h2-3,7H,4-6H2,1H3,(H,16,17). The van der Waals surface area contributed by atoms with E-state index in [-0.39, 0.29) is 18.3 Å². The van der Waals surface area contributed by atoms with Crippen LogP contribution in [0, 0.1) is 11.6 Å². The third-order valence-electron chi connectivity index (χ3n) is 3.09. The number of carbonyl (C=O) groups is 1. The highest BCUT2D eigenvalue weighted by atomic mass is 32.2. The summed E-state index contributed by atoms with van der Waals surface area (Å²) in [5.41, 5.74) is -1.25. The number of nitrogens with zero attached hydrogens (tertiary/aromatic N) is 1. The van der Waals surface area contributed by atoms with E-state index in [0.29, 0.717) is 11.8 Å². The highest BCUT2D eigenvalue weighted by Gasteiger charge is 2.33. The molecule has 116 valence electrons. The molecule has 0 spiro atoms. The number of carboxylic acid groups (broad SMARTS) is 1. The predicted octanol–water partition coefficient (Wildman–Crippen LogP) is 1.79. The van der Waals surface area contributed by atoms with Crippen LogP contribution < -0.4 is 0 Å². The molecule has 1 N–H and O–H groups in total. The van der Waals surface area contributed by atoms with Crippen LogP contribution in [0.15, 0.2) is 17.0 Å². The van der Waals surface area contributed by atoms with E-state index >= 15 is 0 Å². The van der Waals surface area contributed by atoms with E-state index in [4.69, 9.17) is 5.11 Å². The van der Waals surface area contributed by atoms with E-state index in [9.17, 15) is 22.0 Å². The molecule has 0 aliphatic carbocycles. The first-order valence-corrected chi connectivity index (χ1v) is 8.57. The van der Waals surface area contributed by atoms with Gasteiger partial charge in [0.1, 0.15) is 16.3 Å². The van der Waals surface area contributed by atoms with Crippen molar-refractivity contribution in [3.8, 4) is 0 Å². The lowest BCUT2D eigenvalue weighted by Gasteiger charge is -2.29. The first-order valence-electron chi connectivity index (χ1n) is 6.08. The summed E-state index contributed by atoms with van der Waals surface area (Å²) in [7, 11) is -4.18. The van der Waals surface area contributed by atoms with Crippen molar-refractivity contribution in [3.05, 3.63) is 29.3 Å². The molecule has 0 radical (unpaired) electrons. The Morgan fingerprint density at radius 1 is 1.43 bits per heavy atom. The first-order chi connectivity index (χ1) is 9.75.